The molecule has 1 aliphatic rings. The minimum Gasteiger partial charge on any atom is -0.310 e. The zero-order valence-corrected chi connectivity index (χ0v) is 12.9. The van der Waals surface area contributed by atoms with Gasteiger partial charge in [0.25, 0.3) is 0 Å². The van der Waals surface area contributed by atoms with Gasteiger partial charge in [0.05, 0.1) is 0 Å². The van der Waals surface area contributed by atoms with Gasteiger partial charge in [-0.1, -0.05) is 55.8 Å². The monoisotopic (exact) mass is 271 g/mol. The molecule has 0 aliphatic heterocycles. The second-order valence-corrected chi connectivity index (χ2v) is 6.18. The highest BCUT2D eigenvalue weighted by atomic mass is 14.9. The van der Waals surface area contributed by atoms with Crippen molar-refractivity contribution >= 4 is 0 Å². The molecule has 1 fully saturated rings. The molecule has 0 bridgehead atoms. The molecule has 2 rings (SSSR count). The molecule has 0 amide bonds. The van der Waals surface area contributed by atoms with E-state index < -0.39 is 0 Å². The van der Waals surface area contributed by atoms with Gasteiger partial charge in [-0.15, -0.1) is 0 Å². The van der Waals surface area contributed by atoms with Gasteiger partial charge in [-0.3, -0.25) is 0 Å². The highest BCUT2D eigenvalue weighted by Crippen LogP contribution is 2.31. The fourth-order valence-electron chi connectivity index (χ4n) is 3.17. The van der Waals surface area contributed by atoms with Crippen molar-refractivity contribution in [2.45, 2.75) is 64.5 Å². The standard InChI is InChI=1S/C19H29N/c1-3-4-8-16(2)18-11-13-19(14-12-18)20-15-17-9-6-5-7-10-17/h5-7,9-10,18-20H,2-4,8,11-15H2,1H3. The number of allylic oxidation sites excluding steroid dienone is 1. The Balaban J connectivity index is 1.68. The van der Waals surface area contributed by atoms with Crippen LogP contribution in [0, 0.1) is 5.92 Å². The van der Waals surface area contributed by atoms with Crippen molar-refractivity contribution < 1.29 is 0 Å². The number of benzene rings is 1. The van der Waals surface area contributed by atoms with Gasteiger partial charge in [0.1, 0.15) is 0 Å². The normalized spacial score (nSPS) is 22.6. The van der Waals surface area contributed by atoms with E-state index in [0.29, 0.717) is 6.04 Å². The Morgan fingerprint density at radius 2 is 1.85 bits per heavy atom. The van der Waals surface area contributed by atoms with Crippen LogP contribution in [0.3, 0.4) is 0 Å². The highest BCUT2D eigenvalue weighted by molar-refractivity contribution is 5.14. The first-order chi connectivity index (χ1) is 9.79. The van der Waals surface area contributed by atoms with Crippen molar-refractivity contribution in [1.29, 1.82) is 0 Å². The SMILES string of the molecule is C=C(CCCC)C1CCC(NCc2ccccc2)CC1. The van der Waals surface area contributed by atoms with Crippen LogP contribution in [0.15, 0.2) is 42.5 Å². The molecule has 1 N–H and O–H groups in total. The summed E-state index contributed by atoms with van der Waals surface area (Å²) in [5.41, 5.74) is 2.90. The van der Waals surface area contributed by atoms with Crippen molar-refractivity contribution in [2.75, 3.05) is 0 Å². The molecule has 1 nitrogen and oxygen atoms in total. The lowest BCUT2D eigenvalue weighted by atomic mass is 9.80. The molecule has 1 heteroatoms. The fraction of sp³-hybridized carbons (Fsp3) is 0.579. The van der Waals surface area contributed by atoms with Gasteiger partial charge in [0.15, 0.2) is 0 Å². The molecule has 1 aliphatic carbocycles. The van der Waals surface area contributed by atoms with E-state index in [1.807, 2.05) is 0 Å². The van der Waals surface area contributed by atoms with Gasteiger partial charge in [-0.2, -0.15) is 0 Å². The summed E-state index contributed by atoms with van der Waals surface area (Å²) in [4.78, 5) is 0. The smallest absolute Gasteiger partial charge is 0.0208 e. The molecule has 0 spiro atoms. The molecule has 1 aromatic carbocycles. The first kappa shape index (κ1) is 15.3. The fourth-order valence-corrected chi connectivity index (χ4v) is 3.17. The maximum atomic E-state index is 4.31. The molecular formula is C19H29N. The molecule has 0 heterocycles. The minimum atomic E-state index is 0.699. The van der Waals surface area contributed by atoms with Gasteiger partial charge in [-0.25, -0.2) is 0 Å². The third kappa shape index (κ3) is 4.79. The van der Waals surface area contributed by atoms with Crippen LogP contribution >= 0.6 is 0 Å². The van der Waals surface area contributed by atoms with E-state index in [1.165, 1.54) is 56.1 Å². The summed E-state index contributed by atoms with van der Waals surface area (Å²) in [7, 11) is 0. The first-order valence-electron chi connectivity index (χ1n) is 8.24. The maximum Gasteiger partial charge on any atom is 0.0208 e. The molecule has 0 atom stereocenters. The third-order valence-electron chi connectivity index (χ3n) is 4.59. The lowest BCUT2D eigenvalue weighted by Gasteiger charge is -2.30. The van der Waals surface area contributed by atoms with E-state index >= 15 is 0 Å². The van der Waals surface area contributed by atoms with Crippen molar-refractivity contribution in [1.82, 2.24) is 5.32 Å². The van der Waals surface area contributed by atoms with E-state index in [4.69, 9.17) is 0 Å². The zero-order chi connectivity index (χ0) is 14.2. The number of hydrogen-bond acceptors (Lipinski definition) is 1. The van der Waals surface area contributed by atoms with Crippen LogP contribution in [0.2, 0.25) is 0 Å². The zero-order valence-electron chi connectivity index (χ0n) is 12.9. The summed E-state index contributed by atoms with van der Waals surface area (Å²) in [6.07, 6.45) is 9.11. The molecule has 0 radical (unpaired) electrons. The summed E-state index contributed by atoms with van der Waals surface area (Å²) in [5.74, 6) is 0.788. The van der Waals surface area contributed by atoms with Crippen molar-refractivity contribution in [3.8, 4) is 0 Å². The molecule has 1 saturated carbocycles. The van der Waals surface area contributed by atoms with Crippen LogP contribution in [0.25, 0.3) is 0 Å². The molecule has 0 aromatic heterocycles. The van der Waals surface area contributed by atoms with Crippen LogP contribution in [-0.4, -0.2) is 6.04 Å². The lowest BCUT2D eigenvalue weighted by molar-refractivity contribution is 0.313. The Bertz CT molecular complexity index is 387. The van der Waals surface area contributed by atoms with Gasteiger partial charge >= 0.3 is 0 Å². The second-order valence-electron chi connectivity index (χ2n) is 6.18. The van der Waals surface area contributed by atoms with Crippen LogP contribution in [0.4, 0.5) is 0 Å². The Hall–Kier alpha value is -1.08. The van der Waals surface area contributed by atoms with Crippen LogP contribution in [0.1, 0.15) is 57.4 Å². The molecule has 20 heavy (non-hydrogen) atoms. The predicted octanol–water partition coefficient (Wildman–Crippen LogP) is 5.08. The number of nitrogens with one attached hydrogen (secondary N) is 1. The summed E-state index contributed by atoms with van der Waals surface area (Å²) >= 11 is 0. The topological polar surface area (TPSA) is 12.0 Å². The number of unbranched alkanes of at least 4 members (excludes halogenated alkanes) is 1. The van der Waals surface area contributed by atoms with Gasteiger partial charge in [0, 0.05) is 12.6 Å². The third-order valence-corrected chi connectivity index (χ3v) is 4.59. The Morgan fingerprint density at radius 1 is 1.15 bits per heavy atom. The molecular weight excluding hydrogens is 242 g/mol. The summed E-state index contributed by atoms with van der Waals surface area (Å²) in [5, 5.41) is 3.71. The molecule has 110 valence electrons. The number of rotatable bonds is 7. The molecule has 0 unspecified atom stereocenters. The van der Waals surface area contributed by atoms with Gasteiger partial charge in [-0.05, 0) is 50.0 Å². The Morgan fingerprint density at radius 3 is 2.50 bits per heavy atom. The minimum absolute atomic E-state index is 0.699. The van der Waals surface area contributed by atoms with Crippen LogP contribution < -0.4 is 5.32 Å². The summed E-state index contributed by atoms with van der Waals surface area (Å²) in [6, 6.07) is 11.4. The van der Waals surface area contributed by atoms with Crippen LogP contribution in [-0.2, 0) is 6.54 Å². The largest absolute Gasteiger partial charge is 0.310 e. The average Bonchev–Trinajstić information content (AvgIpc) is 2.52. The van der Waals surface area contributed by atoms with Gasteiger partial charge in [0.2, 0.25) is 0 Å². The Kier molecular flexibility index (Phi) is 6.32. The predicted molar refractivity (Wildman–Crippen MR) is 87.7 cm³/mol. The summed E-state index contributed by atoms with van der Waals surface area (Å²) < 4.78 is 0. The quantitative estimate of drug-likeness (QED) is 0.682. The van der Waals surface area contributed by atoms with E-state index in [1.54, 1.807) is 0 Å². The molecule has 0 saturated heterocycles. The second kappa shape index (κ2) is 8.26. The van der Waals surface area contributed by atoms with E-state index in [9.17, 15) is 0 Å². The van der Waals surface area contributed by atoms with E-state index in [0.717, 1.165) is 12.5 Å². The molecule has 1 aromatic rings. The van der Waals surface area contributed by atoms with Crippen molar-refractivity contribution in [3.05, 3.63) is 48.0 Å². The maximum absolute atomic E-state index is 4.31. The average molecular weight is 271 g/mol. The highest BCUT2D eigenvalue weighted by Gasteiger charge is 2.22. The van der Waals surface area contributed by atoms with Gasteiger partial charge < -0.3 is 5.32 Å². The van der Waals surface area contributed by atoms with E-state index in [2.05, 4.69) is 49.2 Å². The van der Waals surface area contributed by atoms with E-state index in [-0.39, 0.29) is 0 Å². The summed E-state index contributed by atoms with van der Waals surface area (Å²) in [6.45, 7) is 7.58. The first-order valence-corrected chi connectivity index (χ1v) is 8.24. The van der Waals surface area contributed by atoms with Crippen molar-refractivity contribution in [2.24, 2.45) is 5.92 Å². The van der Waals surface area contributed by atoms with Crippen molar-refractivity contribution in [3.63, 3.8) is 0 Å². The number of hydrogen-bond donors (Lipinski definition) is 1. The Labute approximate surface area is 124 Å². The van der Waals surface area contributed by atoms with Crippen LogP contribution in [0.5, 0.6) is 0 Å². The lowest BCUT2D eigenvalue weighted by Crippen LogP contribution is -2.33.